The number of phenols is 1. The molecule has 2 rings (SSSR count). The van der Waals surface area contributed by atoms with Crippen molar-refractivity contribution in [2.45, 2.75) is 19.3 Å². The van der Waals surface area contributed by atoms with E-state index in [-0.39, 0.29) is 11.3 Å². The Bertz CT molecular complexity index is 749. The fourth-order valence-electron chi connectivity index (χ4n) is 2.16. The Hall–Kier alpha value is -3.20. The summed E-state index contributed by atoms with van der Waals surface area (Å²) in [5, 5.41) is 27.1. The Morgan fingerprint density at radius 3 is 2.16 bits per heavy atom. The lowest BCUT2D eigenvalue weighted by Gasteiger charge is -2.08. The van der Waals surface area contributed by atoms with E-state index in [0.717, 1.165) is 25.0 Å². The van der Waals surface area contributed by atoms with E-state index in [9.17, 15) is 9.90 Å². The summed E-state index contributed by atoms with van der Waals surface area (Å²) in [6.45, 7) is 1.04. The molecule has 0 heterocycles. The van der Waals surface area contributed by atoms with E-state index in [1.54, 1.807) is 24.3 Å². The largest absolute Gasteiger partial charge is 0.507 e. The molecule has 0 aliphatic heterocycles. The number of carboxylic acid groups (broad SMARTS) is 1. The predicted molar refractivity (Wildman–Crippen MR) is 91.1 cm³/mol. The standard InChI is InChI=1S/C19H19NO5/c20-13-14-4-6-15(7-5-14)24-10-2-1-3-11-25-16-8-9-18(21)17(12-16)19(22)23/h4-9,12,21H,1-3,10-11H2,(H,22,23). The first kappa shape index (κ1) is 18.1. The Morgan fingerprint density at radius 2 is 1.56 bits per heavy atom. The van der Waals surface area contributed by atoms with Gasteiger partial charge in [0.2, 0.25) is 0 Å². The van der Waals surface area contributed by atoms with E-state index in [0.29, 0.717) is 24.5 Å². The van der Waals surface area contributed by atoms with Crippen LogP contribution in [0, 0.1) is 11.3 Å². The fraction of sp³-hybridized carbons (Fsp3) is 0.263. The average Bonchev–Trinajstić information content (AvgIpc) is 2.62. The third kappa shape index (κ3) is 5.74. The number of aromatic hydroxyl groups is 1. The van der Waals surface area contributed by atoms with Crippen LogP contribution in [0.1, 0.15) is 35.2 Å². The first-order chi connectivity index (χ1) is 12.1. The molecule has 130 valence electrons. The molecule has 2 aromatic carbocycles. The van der Waals surface area contributed by atoms with Gasteiger partial charge < -0.3 is 19.7 Å². The summed E-state index contributed by atoms with van der Waals surface area (Å²) < 4.78 is 11.1. The van der Waals surface area contributed by atoms with Gasteiger partial charge in [0.05, 0.1) is 24.8 Å². The molecule has 0 atom stereocenters. The zero-order valence-corrected chi connectivity index (χ0v) is 13.6. The number of unbranched alkanes of at least 4 members (excludes halogenated alkanes) is 2. The summed E-state index contributed by atoms with van der Waals surface area (Å²) in [6, 6.07) is 13.2. The zero-order valence-electron chi connectivity index (χ0n) is 13.6. The molecule has 0 aromatic heterocycles. The number of carboxylic acids is 1. The van der Waals surface area contributed by atoms with Crippen molar-refractivity contribution in [3.05, 3.63) is 53.6 Å². The number of nitrogens with zero attached hydrogens (tertiary/aromatic N) is 1. The van der Waals surface area contributed by atoms with Gasteiger partial charge in [-0.1, -0.05) is 0 Å². The maximum Gasteiger partial charge on any atom is 0.339 e. The summed E-state index contributed by atoms with van der Waals surface area (Å²) in [5.41, 5.74) is 0.429. The van der Waals surface area contributed by atoms with Gasteiger partial charge in [0.25, 0.3) is 0 Å². The van der Waals surface area contributed by atoms with E-state index >= 15 is 0 Å². The molecule has 6 heteroatoms. The van der Waals surface area contributed by atoms with Crippen molar-refractivity contribution in [1.29, 1.82) is 5.26 Å². The first-order valence-corrected chi connectivity index (χ1v) is 7.92. The number of nitriles is 1. The van der Waals surface area contributed by atoms with E-state index in [2.05, 4.69) is 6.07 Å². The van der Waals surface area contributed by atoms with Gasteiger partial charge in [-0.05, 0) is 61.7 Å². The maximum absolute atomic E-state index is 10.9. The minimum atomic E-state index is -1.19. The molecular formula is C19H19NO5. The van der Waals surface area contributed by atoms with Crippen LogP contribution in [0.3, 0.4) is 0 Å². The summed E-state index contributed by atoms with van der Waals surface area (Å²) in [4.78, 5) is 10.9. The number of hydrogen-bond donors (Lipinski definition) is 2. The van der Waals surface area contributed by atoms with Crippen LogP contribution in [0.25, 0.3) is 0 Å². The molecule has 0 saturated carbocycles. The number of hydrogen-bond acceptors (Lipinski definition) is 5. The average molecular weight is 341 g/mol. The van der Waals surface area contributed by atoms with Crippen LogP contribution in [-0.4, -0.2) is 29.4 Å². The van der Waals surface area contributed by atoms with Gasteiger partial charge in [0.1, 0.15) is 22.8 Å². The van der Waals surface area contributed by atoms with Crippen LogP contribution < -0.4 is 9.47 Å². The highest BCUT2D eigenvalue weighted by atomic mass is 16.5. The second-order valence-electron chi connectivity index (χ2n) is 5.38. The monoisotopic (exact) mass is 341 g/mol. The van der Waals surface area contributed by atoms with Gasteiger partial charge in [-0.3, -0.25) is 0 Å². The van der Waals surface area contributed by atoms with Crippen LogP contribution in [0.4, 0.5) is 0 Å². The van der Waals surface area contributed by atoms with Crippen molar-refractivity contribution >= 4 is 5.97 Å². The molecule has 0 radical (unpaired) electrons. The predicted octanol–water partition coefficient (Wildman–Crippen LogP) is 3.59. The topological polar surface area (TPSA) is 99.8 Å². The van der Waals surface area contributed by atoms with Crippen LogP contribution in [0.5, 0.6) is 17.2 Å². The SMILES string of the molecule is N#Cc1ccc(OCCCCCOc2ccc(O)c(C(=O)O)c2)cc1. The lowest BCUT2D eigenvalue weighted by Crippen LogP contribution is -2.02. The molecule has 0 spiro atoms. The molecule has 25 heavy (non-hydrogen) atoms. The Morgan fingerprint density at radius 1 is 0.960 bits per heavy atom. The van der Waals surface area contributed by atoms with Crippen molar-refractivity contribution in [2.75, 3.05) is 13.2 Å². The second kappa shape index (κ2) is 9.18. The van der Waals surface area contributed by atoms with Gasteiger partial charge in [-0.2, -0.15) is 5.26 Å². The van der Waals surface area contributed by atoms with E-state index < -0.39 is 5.97 Å². The fourth-order valence-corrected chi connectivity index (χ4v) is 2.16. The van der Waals surface area contributed by atoms with Crippen molar-refractivity contribution in [3.63, 3.8) is 0 Å². The molecule has 0 amide bonds. The first-order valence-electron chi connectivity index (χ1n) is 7.92. The molecule has 0 saturated heterocycles. The van der Waals surface area contributed by atoms with Crippen LogP contribution in [-0.2, 0) is 0 Å². The normalized spacial score (nSPS) is 10.0. The van der Waals surface area contributed by atoms with E-state index in [1.807, 2.05) is 0 Å². The number of ether oxygens (including phenoxy) is 2. The van der Waals surface area contributed by atoms with Crippen molar-refractivity contribution in [2.24, 2.45) is 0 Å². The molecule has 0 aliphatic carbocycles. The van der Waals surface area contributed by atoms with Gasteiger partial charge in [0.15, 0.2) is 0 Å². The molecular weight excluding hydrogens is 322 g/mol. The third-order valence-corrected chi connectivity index (χ3v) is 3.51. The highest BCUT2D eigenvalue weighted by Crippen LogP contribution is 2.23. The maximum atomic E-state index is 10.9. The number of aromatic carboxylic acids is 1. The van der Waals surface area contributed by atoms with Crippen LogP contribution in [0.15, 0.2) is 42.5 Å². The number of carbonyl (C=O) groups is 1. The number of benzene rings is 2. The summed E-state index contributed by atoms with van der Waals surface area (Å²) in [5.74, 6) is -0.313. The van der Waals surface area contributed by atoms with Gasteiger partial charge in [-0.25, -0.2) is 4.79 Å². The Kier molecular flexibility index (Phi) is 6.66. The van der Waals surface area contributed by atoms with Gasteiger partial charge in [0, 0.05) is 0 Å². The lowest BCUT2D eigenvalue weighted by molar-refractivity contribution is 0.0693. The molecule has 2 N–H and O–H groups in total. The summed E-state index contributed by atoms with van der Waals surface area (Å²) >= 11 is 0. The quantitative estimate of drug-likeness (QED) is 0.676. The Balaban J connectivity index is 1.62. The van der Waals surface area contributed by atoms with Crippen molar-refractivity contribution in [3.8, 4) is 23.3 Å². The van der Waals surface area contributed by atoms with Crippen LogP contribution >= 0.6 is 0 Å². The molecule has 0 unspecified atom stereocenters. The van der Waals surface area contributed by atoms with Gasteiger partial charge in [-0.15, -0.1) is 0 Å². The highest BCUT2D eigenvalue weighted by Gasteiger charge is 2.10. The lowest BCUT2D eigenvalue weighted by atomic mass is 10.2. The summed E-state index contributed by atoms with van der Waals surface area (Å²) in [6.07, 6.45) is 2.57. The minimum Gasteiger partial charge on any atom is -0.507 e. The van der Waals surface area contributed by atoms with Crippen LogP contribution in [0.2, 0.25) is 0 Å². The minimum absolute atomic E-state index is 0.173. The zero-order chi connectivity index (χ0) is 18.1. The van der Waals surface area contributed by atoms with Crippen molar-refractivity contribution in [1.82, 2.24) is 0 Å². The van der Waals surface area contributed by atoms with E-state index in [1.165, 1.54) is 18.2 Å². The molecule has 2 aromatic rings. The highest BCUT2D eigenvalue weighted by molar-refractivity contribution is 5.91. The van der Waals surface area contributed by atoms with Gasteiger partial charge >= 0.3 is 5.97 Å². The molecule has 0 fully saturated rings. The number of rotatable bonds is 9. The second-order valence-corrected chi connectivity index (χ2v) is 5.38. The van der Waals surface area contributed by atoms with Crippen molar-refractivity contribution < 1.29 is 24.5 Å². The van der Waals surface area contributed by atoms with E-state index in [4.69, 9.17) is 19.8 Å². The molecule has 0 aliphatic rings. The Labute approximate surface area is 145 Å². The summed E-state index contributed by atoms with van der Waals surface area (Å²) in [7, 11) is 0. The molecule has 0 bridgehead atoms. The smallest absolute Gasteiger partial charge is 0.339 e. The molecule has 6 nitrogen and oxygen atoms in total. The third-order valence-electron chi connectivity index (χ3n) is 3.51.